The zero-order chi connectivity index (χ0) is 22.1. The number of fused-ring (bicyclic) bond motifs is 5. The third kappa shape index (κ3) is 2.76. The van der Waals surface area contributed by atoms with Crippen LogP contribution >= 0.6 is 0 Å². The van der Waals surface area contributed by atoms with Gasteiger partial charge in [-0.1, -0.05) is 68.1 Å². The molecule has 1 fully saturated rings. The van der Waals surface area contributed by atoms with Gasteiger partial charge >= 0.3 is 0 Å². The molecule has 0 amide bonds. The van der Waals surface area contributed by atoms with Crippen LogP contribution in [-0.4, -0.2) is 0 Å². The highest BCUT2D eigenvalue weighted by molar-refractivity contribution is 6.16. The lowest BCUT2D eigenvalue weighted by Gasteiger charge is -2.23. The number of benzene rings is 4. The van der Waals surface area contributed by atoms with Crippen LogP contribution in [0.4, 0.5) is 0 Å². The average molecular weight is 431 g/mol. The van der Waals surface area contributed by atoms with Crippen molar-refractivity contribution in [2.45, 2.75) is 39.0 Å². The van der Waals surface area contributed by atoms with Gasteiger partial charge in [-0.05, 0) is 64.1 Å². The molecule has 2 aliphatic rings. The van der Waals surface area contributed by atoms with Gasteiger partial charge in [0.05, 0.1) is 10.9 Å². The van der Waals surface area contributed by atoms with Crippen LogP contribution in [0.15, 0.2) is 66.9 Å². The van der Waals surface area contributed by atoms with Crippen molar-refractivity contribution in [1.82, 2.24) is 0 Å². The van der Waals surface area contributed by atoms with Crippen molar-refractivity contribution in [3.8, 4) is 22.8 Å². The van der Waals surface area contributed by atoms with Gasteiger partial charge in [0, 0.05) is 11.5 Å². The molecule has 1 aliphatic carbocycles. The fourth-order valence-electron chi connectivity index (χ4n) is 6.42. The lowest BCUT2D eigenvalue weighted by atomic mass is 9.88. The predicted molar refractivity (Wildman–Crippen MR) is 136 cm³/mol. The van der Waals surface area contributed by atoms with Gasteiger partial charge < -0.3 is 4.74 Å². The Hall–Kier alpha value is -3.39. The van der Waals surface area contributed by atoms with Crippen LogP contribution in [0.2, 0.25) is 0 Å². The normalized spacial score (nSPS) is 15.3. The second kappa shape index (κ2) is 7.05. The molecule has 0 saturated heterocycles. The van der Waals surface area contributed by atoms with Crippen molar-refractivity contribution in [2.24, 2.45) is 13.0 Å². The molecule has 162 valence electrons. The third-order valence-electron chi connectivity index (χ3n) is 8.04. The maximum Gasteiger partial charge on any atom is 0.228 e. The number of rotatable bonds is 2. The van der Waals surface area contributed by atoms with Crippen molar-refractivity contribution in [1.29, 1.82) is 0 Å². The average Bonchev–Trinajstić information content (AvgIpc) is 3.34. The third-order valence-corrected chi connectivity index (χ3v) is 8.04. The Morgan fingerprint density at radius 1 is 0.848 bits per heavy atom. The molecule has 1 saturated carbocycles. The number of pyridine rings is 1. The summed E-state index contributed by atoms with van der Waals surface area (Å²) in [7, 11) is 2.16. The first kappa shape index (κ1) is 19.1. The first-order chi connectivity index (χ1) is 16.2. The minimum Gasteiger partial charge on any atom is -0.456 e. The number of aryl methyl sites for hydroxylation is 2. The van der Waals surface area contributed by atoms with E-state index in [9.17, 15) is 0 Å². The Balaban J connectivity index is 1.55. The molecule has 0 radical (unpaired) electrons. The van der Waals surface area contributed by atoms with Gasteiger partial charge in [0.1, 0.15) is 18.5 Å². The second-order valence-corrected chi connectivity index (χ2v) is 10.0. The van der Waals surface area contributed by atoms with E-state index in [4.69, 9.17) is 4.74 Å². The summed E-state index contributed by atoms with van der Waals surface area (Å²) >= 11 is 0. The summed E-state index contributed by atoms with van der Waals surface area (Å²) in [6.45, 7) is 2.23. The Morgan fingerprint density at radius 2 is 1.67 bits per heavy atom. The van der Waals surface area contributed by atoms with Gasteiger partial charge in [0.15, 0.2) is 6.20 Å². The summed E-state index contributed by atoms with van der Waals surface area (Å²) in [5, 5.41) is 7.75. The van der Waals surface area contributed by atoms with E-state index in [2.05, 4.69) is 85.4 Å². The number of nitrogens with zero attached hydrogens (tertiary/aromatic N) is 1. The Bertz CT molecular complexity index is 1590. The van der Waals surface area contributed by atoms with Crippen LogP contribution in [0.3, 0.4) is 0 Å². The van der Waals surface area contributed by atoms with Gasteiger partial charge in [0.25, 0.3) is 0 Å². The van der Waals surface area contributed by atoms with Crippen molar-refractivity contribution in [3.63, 3.8) is 0 Å². The molecule has 2 heteroatoms. The zero-order valence-electron chi connectivity index (χ0n) is 19.3. The van der Waals surface area contributed by atoms with Gasteiger partial charge in [-0.2, -0.15) is 0 Å². The van der Waals surface area contributed by atoms with E-state index < -0.39 is 0 Å². The zero-order valence-corrected chi connectivity index (χ0v) is 19.3. The summed E-state index contributed by atoms with van der Waals surface area (Å²) in [5.74, 6) is 2.78. The van der Waals surface area contributed by atoms with Crippen LogP contribution in [0.1, 0.15) is 36.8 Å². The molecule has 0 atom stereocenters. The molecule has 4 aromatic carbocycles. The maximum atomic E-state index is 6.71. The number of ether oxygens (including phenoxy) is 1. The van der Waals surface area contributed by atoms with Gasteiger partial charge in [-0.3, -0.25) is 0 Å². The molecule has 2 nitrogen and oxygen atoms in total. The standard InChI is InChI=1S/C31H28NO/c1-19-23-12-6-5-10-22(23)17-27-29(19)31-30-25(14-15-32(31)2)24-13-7-11-21(16-20-8-3-4-9-20)26(24)18-28(30)33-27/h5-7,10-15,17-18,20H,3-4,8-9,16H2,1-2H3/q+1. The molecule has 0 spiro atoms. The molecular weight excluding hydrogens is 402 g/mol. The number of hydrogen-bond donors (Lipinski definition) is 0. The van der Waals surface area contributed by atoms with Gasteiger partial charge in [0.2, 0.25) is 5.69 Å². The van der Waals surface area contributed by atoms with Gasteiger partial charge in [-0.15, -0.1) is 0 Å². The first-order valence-electron chi connectivity index (χ1n) is 12.3. The van der Waals surface area contributed by atoms with Crippen LogP contribution in [0.25, 0.3) is 43.6 Å². The fraction of sp³-hybridized carbons (Fsp3) is 0.258. The Labute approximate surface area is 194 Å². The molecular formula is C31H28NO+. The molecule has 0 unspecified atom stereocenters. The lowest BCUT2D eigenvalue weighted by molar-refractivity contribution is -0.659. The fourth-order valence-corrected chi connectivity index (χ4v) is 6.42. The summed E-state index contributed by atoms with van der Waals surface area (Å²) in [6.07, 6.45) is 8.90. The van der Waals surface area contributed by atoms with Crippen LogP contribution in [-0.2, 0) is 13.5 Å². The predicted octanol–water partition coefficient (Wildman–Crippen LogP) is 7.78. The topological polar surface area (TPSA) is 13.1 Å². The van der Waals surface area contributed by atoms with E-state index in [1.54, 1.807) is 0 Å². The van der Waals surface area contributed by atoms with Crippen LogP contribution in [0.5, 0.6) is 11.5 Å². The second-order valence-electron chi connectivity index (χ2n) is 10.0. The highest BCUT2D eigenvalue weighted by Crippen LogP contribution is 2.50. The first-order valence-corrected chi connectivity index (χ1v) is 12.3. The van der Waals surface area contributed by atoms with Crippen LogP contribution < -0.4 is 9.30 Å². The van der Waals surface area contributed by atoms with Gasteiger partial charge in [-0.25, -0.2) is 4.57 Å². The lowest BCUT2D eigenvalue weighted by Crippen LogP contribution is -2.31. The highest BCUT2D eigenvalue weighted by Gasteiger charge is 2.31. The molecule has 0 bridgehead atoms. The van der Waals surface area contributed by atoms with Crippen molar-refractivity contribution < 1.29 is 9.30 Å². The molecule has 33 heavy (non-hydrogen) atoms. The smallest absolute Gasteiger partial charge is 0.228 e. The molecule has 7 rings (SSSR count). The highest BCUT2D eigenvalue weighted by atomic mass is 16.5. The quantitative estimate of drug-likeness (QED) is 0.202. The minimum atomic E-state index is 0.822. The number of aromatic nitrogens is 1. The Kier molecular flexibility index (Phi) is 4.08. The van der Waals surface area contributed by atoms with Crippen molar-refractivity contribution in [3.05, 3.63) is 78.0 Å². The van der Waals surface area contributed by atoms with E-state index in [-0.39, 0.29) is 0 Å². The molecule has 1 aliphatic heterocycles. The molecule has 0 N–H and O–H groups in total. The summed E-state index contributed by atoms with van der Waals surface area (Å²) in [6, 6.07) is 22.3. The van der Waals surface area contributed by atoms with Crippen molar-refractivity contribution in [2.75, 3.05) is 0 Å². The Morgan fingerprint density at radius 3 is 2.55 bits per heavy atom. The van der Waals surface area contributed by atoms with E-state index in [0.717, 1.165) is 17.4 Å². The number of hydrogen-bond acceptors (Lipinski definition) is 1. The monoisotopic (exact) mass is 430 g/mol. The molecule has 1 aromatic heterocycles. The minimum absolute atomic E-state index is 0.822. The van der Waals surface area contributed by atoms with Crippen LogP contribution in [0, 0.1) is 12.8 Å². The van der Waals surface area contributed by atoms with E-state index >= 15 is 0 Å². The maximum absolute atomic E-state index is 6.71. The van der Waals surface area contributed by atoms with Crippen molar-refractivity contribution >= 4 is 32.3 Å². The van der Waals surface area contributed by atoms with E-state index in [1.807, 2.05) is 0 Å². The summed E-state index contributed by atoms with van der Waals surface area (Å²) < 4.78 is 8.98. The summed E-state index contributed by atoms with van der Waals surface area (Å²) in [4.78, 5) is 0. The SMILES string of the molecule is Cc1c2c(cc3ccccc13)Oc1cc3c(CC4CCCC4)cccc3c3cc[n+](C)c-2c13. The largest absolute Gasteiger partial charge is 0.456 e. The summed E-state index contributed by atoms with van der Waals surface area (Å²) in [5.41, 5.74) is 5.23. The molecule has 2 heterocycles. The van der Waals surface area contributed by atoms with E-state index in [0.29, 0.717) is 0 Å². The molecule has 5 aromatic rings. The van der Waals surface area contributed by atoms with E-state index in [1.165, 1.54) is 86.8 Å².